The minimum atomic E-state index is -2.04. The Hall–Kier alpha value is -2.85. The monoisotopic (exact) mass is 423 g/mol. The maximum absolute atomic E-state index is 16.5. The Balaban J connectivity index is 1.68. The zero-order valence-electron chi connectivity index (χ0n) is 16.6. The Morgan fingerprint density at radius 2 is 1.77 bits per heavy atom. The Labute approximate surface area is 180 Å². The summed E-state index contributed by atoms with van der Waals surface area (Å²) >= 11 is 6.03. The molecular weight excluding hydrogens is 401 g/mol. The highest BCUT2D eigenvalue weighted by atomic mass is 35.5. The lowest BCUT2D eigenvalue weighted by Crippen LogP contribution is -2.41. The van der Waals surface area contributed by atoms with E-state index in [1.807, 2.05) is 54.6 Å². The highest BCUT2D eigenvalue weighted by Gasteiger charge is 2.54. The number of hydrogen-bond acceptors (Lipinski definition) is 2. The van der Waals surface area contributed by atoms with Crippen LogP contribution in [-0.4, -0.2) is 18.7 Å². The second-order valence-corrected chi connectivity index (χ2v) is 8.14. The van der Waals surface area contributed by atoms with Gasteiger partial charge in [0.05, 0.1) is 7.11 Å². The molecule has 3 atom stereocenters. The summed E-state index contributed by atoms with van der Waals surface area (Å²) in [6.45, 7) is 0. The summed E-state index contributed by atoms with van der Waals surface area (Å²) in [6.07, 6.45) is 0.625. The molecule has 0 bridgehead atoms. The third-order valence-corrected chi connectivity index (χ3v) is 6.11. The standard InChI is InChI=1S/C25H23ClFNO2/c1-30-22-9-5-6-18(14-22)19-15-23(17-10-12-20(26)13-11-17)25(27,16-19)24(29)28-21-7-3-2-4-8-21/h2-14,19,23H,15-16H2,1H3,(H,28,29)/t19-,23+,25-/m1/s1. The molecule has 1 aliphatic carbocycles. The third kappa shape index (κ3) is 4.05. The lowest BCUT2D eigenvalue weighted by molar-refractivity contribution is -0.128. The first-order valence-corrected chi connectivity index (χ1v) is 10.3. The number of para-hydroxylation sites is 1. The topological polar surface area (TPSA) is 38.3 Å². The van der Waals surface area contributed by atoms with E-state index >= 15 is 4.39 Å². The molecule has 0 heterocycles. The Kier molecular flexibility index (Phi) is 5.78. The Morgan fingerprint density at radius 3 is 2.47 bits per heavy atom. The van der Waals surface area contributed by atoms with Crippen molar-refractivity contribution in [3.63, 3.8) is 0 Å². The highest BCUT2D eigenvalue weighted by Crippen LogP contribution is 2.53. The van der Waals surface area contributed by atoms with Crippen molar-refractivity contribution in [2.45, 2.75) is 30.3 Å². The molecule has 1 fully saturated rings. The summed E-state index contributed by atoms with van der Waals surface area (Å²) in [7, 11) is 1.61. The molecular formula is C25H23ClFNO2. The molecule has 30 heavy (non-hydrogen) atoms. The van der Waals surface area contributed by atoms with E-state index in [9.17, 15) is 4.79 Å². The van der Waals surface area contributed by atoms with Crippen LogP contribution in [0.5, 0.6) is 5.75 Å². The second-order valence-electron chi connectivity index (χ2n) is 7.70. The lowest BCUT2D eigenvalue weighted by Gasteiger charge is -2.26. The van der Waals surface area contributed by atoms with Gasteiger partial charge in [0.1, 0.15) is 5.75 Å². The molecule has 154 valence electrons. The number of halogens is 2. The Morgan fingerprint density at radius 1 is 1.03 bits per heavy atom. The number of alkyl halides is 1. The van der Waals surface area contributed by atoms with Crippen molar-refractivity contribution in [2.75, 3.05) is 12.4 Å². The van der Waals surface area contributed by atoms with E-state index in [1.165, 1.54) is 0 Å². The van der Waals surface area contributed by atoms with Crippen LogP contribution in [-0.2, 0) is 4.79 Å². The predicted molar refractivity (Wildman–Crippen MR) is 118 cm³/mol. The van der Waals surface area contributed by atoms with Gasteiger partial charge in [-0.25, -0.2) is 4.39 Å². The van der Waals surface area contributed by atoms with Gasteiger partial charge < -0.3 is 10.1 Å². The molecule has 4 rings (SSSR count). The fourth-order valence-corrected chi connectivity index (χ4v) is 4.43. The number of amides is 1. The largest absolute Gasteiger partial charge is 0.497 e. The number of methoxy groups -OCH3 is 1. The Bertz CT molecular complexity index is 1020. The van der Waals surface area contributed by atoms with Gasteiger partial charge in [0.2, 0.25) is 0 Å². The van der Waals surface area contributed by atoms with Gasteiger partial charge in [-0.2, -0.15) is 0 Å². The summed E-state index contributed by atoms with van der Waals surface area (Å²) in [4.78, 5) is 13.2. The summed E-state index contributed by atoms with van der Waals surface area (Å²) in [5, 5.41) is 3.35. The average Bonchev–Trinajstić information content (AvgIpc) is 3.14. The number of ether oxygens (including phenoxy) is 1. The van der Waals surface area contributed by atoms with Crippen LogP contribution in [0, 0.1) is 0 Å². The molecule has 0 radical (unpaired) electrons. The fraction of sp³-hybridized carbons (Fsp3) is 0.240. The number of nitrogens with one attached hydrogen (secondary N) is 1. The normalized spacial score (nSPS) is 23.2. The summed E-state index contributed by atoms with van der Waals surface area (Å²) in [5.41, 5.74) is 0.285. The molecule has 3 aromatic carbocycles. The maximum atomic E-state index is 16.5. The quantitative estimate of drug-likeness (QED) is 0.518. The van der Waals surface area contributed by atoms with Crippen LogP contribution in [0.25, 0.3) is 0 Å². The van der Waals surface area contributed by atoms with Gasteiger partial charge in [-0.05, 0) is 66.3 Å². The highest BCUT2D eigenvalue weighted by molar-refractivity contribution is 6.30. The van der Waals surface area contributed by atoms with E-state index in [0.717, 1.165) is 16.9 Å². The number of anilines is 1. The van der Waals surface area contributed by atoms with E-state index in [4.69, 9.17) is 16.3 Å². The third-order valence-electron chi connectivity index (χ3n) is 5.86. The molecule has 5 heteroatoms. The van der Waals surface area contributed by atoms with Gasteiger partial charge >= 0.3 is 0 Å². The van der Waals surface area contributed by atoms with Gasteiger partial charge in [-0.3, -0.25) is 4.79 Å². The molecule has 0 aliphatic heterocycles. The summed E-state index contributed by atoms with van der Waals surface area (Å²) in [5.74, 6) is -0.568. The first-order valence-electron chi connectivity index (χ1n) is 9.94. The first kappa shape index (κ1) is 20.4. The van der Waals surface area contributed by atoms with Crippen molar-refractivity contribution < 1.29 is 13.9 Å². The first-order chi connectivity index (χ1) is 14.5. The minimum absolute atomic E-state index is 0.103. The van der Waals surface area contributed by atoms with Crippen molar-refractivity contribution in [1.82, 2.24) is 0 Å². The number of carbonyl (C=O) groups is 1. The van der Waals surface area contributed by atoms with E-state index in [2.05, 4.69) is 5.32 Å². The minimum Gasteiger partial charge on any atom is -0.497 e. The van der Waals surface area contributed by atoms with Crippen LogP contribution in [0.2, 0.25) is 5.02 Å². The van der Waals surface area contributed by atoms with Crippen LogP contribution in [0.4, 0.5) is 10.1 Å². The molecule has 3 nitrogen and oxygen atoms in total. The SMILES string of the molecule is COc1cccc([C@@H]2C[C@@H](c3ccc(Cl)cc3)[C@@](F)(C(=O)Nc3ccccc3)C2)c1. The molecule has 0 spiro atoms. The van der Waals surface area contributed by atoms with Crippen molar-refractivity contribution in [1.29, 1.82) is 0 Å². The fourth-order valence-electron chi connectivity index (χ4n) is 4.31. The van der Waals surface area contributed by atoms with E-state index in [1.54, 1.807) is 31.4 Å². The predicted octanol–water partition coefficient (Wildman–Crippen LogP) is 6.36. The average molecular weight is 424 g/mol. The summed E-state index contributed by atoms with van der Waals surface area (Å²) in [6, 6.07) is 23.7. The van der Waals surface area contributed by atoms with Crippen LogP contribution in [0.1, 0.15) is 35.8 Å². The van der Waals surface area contributed by atoms with Gasteiger partial charge in [0, 0.05) is 16.6 Å². The summed E-state index contributed by atoms with van der Waals surface area (Å²) < 4.78 is 21.8. The van der Waals surface area contributed by atoms with Crippen LogP contribution < -0.4 is 10.1 Å². The number of carbonyl (C=O) groups excluding carboxylic acids is 1. The zero-order valence-corrected chi connectivity index (χ0v) is 17.4. The lowest BCUT2D eigenvalue weighted by atomic mass is 9.85. The van der Waals surface area contributed by atoms with Gasteiger partial charge in [0.15, 0.2) is 5.67 Å². The molecule has 1 aliphatic rings. The molecule has 1 N–H and O–H groups in total. The zero-order chi connectivity index (χ0) is 21.1. The smallest absolute Gasteiger partial charge is 0.262 e. The number of hydrogen-bond donors (Lipinski definition) is 1. The molecule has 0 unspecified atom stereocenters. The van der Waals surface area contributed by atoms with E-state index < -0.39 is 17.5 Å². The maximum Gasteiger partial charge on any atom is 0.262 e. The number of benzene rings is 3. The van der Waals surface area contributed by atoms with E-state index in [-0.39, 0.29) is 12.3 Å². The van der Waals surface area contributed by atoms with Crippen molar-refractivity contribution in [3.05, 3.63) is 95.0 Å². The van der Waals surface area contributed by atoms with Crippen molar-refractivity contribution in [3.8, 4) is 5.75 Å². The molecule has 1 amide bonds. The molecule has 0 aromatic heterocycles. The molecule has 3 aromatic rings. The van der Waals surface area contributed by atoms with Gasteiger partial charge in [0.25, 0.3) is 5.91 Å². The van der Waals surface area contributed by atoms with Crippen LogP contribution in [0.3, 0.4) is 0 Å². The van der Waals surface area contributed by atoms with E-state index in [0.29, 0.717) is 17.1 Å². The molecule has 0 saturated heterocycles. The van der Waals surface area contributed by atoms with Crippen molar-refractivity contribution in [2.24, 2.45) is 0 Å². The molecule has 1 saturated carbocycles. The van der Waals surface area contributed by atoms with Crippen LogP contribution >= 0.6 is 11.6 Å². The van der Waals surface area contributed by atoms with Crippen molar-refractivity contribution >= 4 is 23.2 Å². The van der Waals surface area contributed by atoms with Crippen LogP contribution in [0.15, 0.2) is 78.9 Å². The second kappa shape index (κ2) is 8.49. The van der Waals surface area contributed by atoms with Gasteiger partial charge in [-0.1, -0.05) is 54.1 Å². The van der Waals surface area contributed by atoms with Gasteiger partial charge in [-0.15, -0.1) is 0 Å². The number of rotatable bonds is 5.